The Morgan fingerprint density at radius 1 is 1.04 bits per heavy atom. The van der Waals surface area contributed by atoms with Crippen LogP contribution in [-0.2, 0) is 11.2 Å². The number of rotatable bonds is 6. The lowest BCUT2D eigenvalue weighted by Crippen LogP contribution is -2.16. The summed E-state index contributed by atoms with van der Waals surface area (Å²) in [5, 5.41) is 2.70. The molecule has 1 heterocycles. The summed E-state index contributed by atoms with van der Waals surface area (Å²) in [4.78, 5) is 24.7. The summed E-state index contributed by atoms with van der Waals surface area (Å²) in [6, 6.07) is 20.0. The largest absolute Gasteiger partial charge is 0.366 e. The average Bonchev–Trinajstić information content (AvgIpc) is 3.06. The van der Waals surface area contributed by atoms with Crippen LogP contribution < -0.4 is 11.1 Å². The van der Waals surface area contributed by atoms with Gasteiger partial charge in [-0.05, 0) is 23.3 Å². The van der Waals surface area contributed by atoms with E-state index in [4.69, 9.17) is 5.73 Å². The molecule has 0 aliphatic rings. The molecule has 0 unspecified atom stereocenters. The maximum Gasteiger partial charge on any atom is 0.285 e. The van der Waals surface area contributed by atoms with Crippen LogP contribution in [0.25, 0.3) is 6.08 Å². The quantitative estimate of drug-likeness (QED) is 0.623. The number of benzene rings is 2. The molecule has 0 aliphatic heterocycles. The third-order valence-electron chi connectivity index (χ3n) is 3.81. The summed E-state index contributed by atoms with van der Waals surface area (Å²) >= 11 is 1.21. The molecule has 0 atom stereocenters. The van der Waals surface area contributed by atoms with Crippen molar-refractivity contribution < 1.29 is 14.0 Å². The van der Waals surface area contributed by atoms with Gasteiger partial charge in [0.1, 0.15) is 5.00 Å². The van der Waals surface area contributed by atoms with Crippen LogP contribution in [0.1, 0.15) is 26.4 Å². The molecule has 3 rings (SSSR count). The van der Waals surface area contributed by atoms with Gasteiger partial charge in [-0.25, -0.2) is 4.39 Å². The first-order valence-corrected chi connectivity index (χ1v) is 9.04. The molecule has 0 spiro atoms. The van der Waals surface area contributed by atoms with Gasteiger partial charge in [0.05, 0.1) is 5.56 Å². The Labute approximate surface area is 160 Å². The maximum absolute atomic E-state index is 14.2. The van der Waals surface area contributed by atoms with Crippen molar-refractivity contribution in [2.75, 3.05) is 5.32 Å². The molecule has 3 N–H and O–H groups in total. The first-order chi connectivity index (χ1) is 13.0. The Morgan fingerprint density at radius 2 is 1.67 bits per heavy atom. The normalized spacial score (nSPS) is 11.2. The lowest BCUT2D eigenvalue weighted by atomic mass is 10.1. The molecule has 1 aromatic heterocycles. The molecule has 0 saturated heterocycles. The summed E-state index contributed by atoms with van der Waals surface area (Å²) in [5.41, 5.74) is 7.20. The van der Waals surface area contributed by atoms with Crippen molar-refractivity contribution in [2.45, 2.75) is 6.42 Å². The van der Waals surface area contributed by atoms with Crippen molar-refractivity contribution in [2.24, 2.45) is 5.73 Å². The van der Waals surface area contributed by atoms with Gasteiger partial charge in [0, 0.05) is 11.3 Å². The van der Waals surface area contributed by atoms with E-state index >= 15 is 0 Å². The van der Waals surface area contributed by atoms with Gasteiger partial charge in [-0.2, -0.15) is 0 Å². The van der Waals surface area contributed by atoms with Crippen LogP contribution in [0.15, 0.2) is 72.6 Å². The molecule has 136 valence electrons. The summed E-state index contributed by atoms with van der Waals surface area (Å²) in [6.07, 6.45) is 1.72. The number of primary amides is 1. The van der Waals surface area contributed by atoms with Gasteiger partial charge in [0.2, 0.25) is 0 Å². The second kappa shape index (κ2) is 8.42. The van der Waals surface area contributed by atoms with Crippen LogP contribution in [0.3, 0.4) is 0 Å². The Balaban J connectivity index is 1.80. The zero-order chi connectivity index (χ0) is 19.2. The Bertz CT molecular complexity index is 982. The van der Waals surface area contributed by atoms with Crippen LogP contribution in [0.2, 0.25) is 0 Å². The molecule has 2 amide bonds. The first kappa shape index (κ1) is 18.5. The van der Waals surface area contributed by atoms with Crippen LogP contribution in [0.5, 0.6) is 0 Å². The van der Waals surface area contributed by atoms with Crippen LogP contribution >= 0.6 is 11.3 Å². The van der Waals surface area contributed by atoms with E-state index in [1.807, 2.05) is 30.3 Å². The lowest BCUT2D eigenvalue weighted by Gasteiger charge is -2.03. The van der Waals surface area contributed by atoms with E-state index in [-0.39, 0.29) is 10.6 Å². The van der Waals surface area contributed by atoms with Crippen LogP contribution in [0.4, 0.5) is 9.39 Å². The van der Waals surface area contributed by atoms with Gasteiger partial charge >= 0.3 is 0 Å². The van der Waals surface area contributed by atoms with Crippen molar-refractivity contribution in [3.63, 3.8) is 0 Å². The molecule has 6 heteroatoms. The molecule has 0 bridgehead atoms. The fourth-order valence-corrected chi connectivity index (χ4v) is 3.62. The number of anilines is 1. The standard InChI is InChI=1S/C21H17FN2O2S/c22-18(12-15-9-5-2-6-10-15)20(26)24-21-17(19(23)25)13-16(27-21)11-14-7-3-1-4-8-14/h1-10,12-13H,11H2,(H2,23,25)(H,24,26). The molecule has 0 saturated carbocycles. The Kier molecular flexibility index (Phi) is 5.78. The van der Waals surface area contributed by atoms with Crippen LogP contribution in [-0.4, -0.2) is 11.8 Å². The van der Waals surface area contributed by atoms with E-state index in [9.17, 15) is 14.0 Å². The van der Waals surface area contributed by atoms with Gasteiger partial charge in [0.15, 0.2) is 5.83 Å². The summed E-state index contributed by atoms with van der Waals surface area (Å²) < 4.78 is 14.2. The lowest BCUT2D eigenvalue weighted by molar-refractivity contribution is -0.114. The SMILES string of the molecule is NC(=O)c1cc(Cc2ccccc2)sc1NC(=O)C(F)=Cc1ccccc1. The smallest absolute Gasteiger partial charge is 0.285 e. The van der Waals surface area contributed by atoms with Crippen molar-refractivity contribution >= 4 is 34.2 Å². The number of hydrogen-bond acceptors (Lipinski definition) is 3. The molecule has 2 aromatic carbocycles. The topological polar surface area (TPSA) is 72.2 Å². The van der Waals surface area contributed by atoms with Gasteiger partial charge in [-0.15, -0.1) is 11.3 Å². The average molecular weight is 380 g/mol. The summed E-state index contributed by atoms with van der Waals surface area (Å²) in [6.45, 7) is 0. The number of amides is 2. The number of carbonyl (C=O) groups is 2. The Morgan fingerprint density at radius 3 is 2.30 bits per heavy atom. The minimum absolute atomic E-state index is 0.173. The summed E-state index contributed by atoms with van der Waals surface area (Å²) in [7, 11) is 0. The molecule has 0 radical (unpaired) electrons. The van der Waals surface area contributed by atoms with E-state index in [1.54, 1.807) is 36.4 Å². The van der Waals surface area contributed by atoms with Gasteiger partial charge in [-0.3, -0.25) is 9.59 Å². The van der Waals surface area contributed by atoms with Gasteiger partial charge in [-0.1, -0.05) is 60.7 Å². The highest BCUT2D eigenvalue weighted by Crippen LogP contribution is 2.30. The van der Waals surface area contributed by atoms with E-state index in [2.05, 4.69) is 5.32 Å². The number of thiophene rings is 1. The third-order valence-corrected chi connectivity index (χ3v) is 4.86. The fraction of sp³-hybridized carbons (Fsp3) is 0.0476. The first-order valence-electron chi connectivity index (χ1n) is 8.23. The van der Waals surface area contributed by atoms with Gasteiger partial charge < -0.3 is 11.1 Å². The zero-order valence-corrected chi connectivity index (χ0v) is 15.1. The maximum atomic E-state index is 14.2. The monoisotopic (exact) mass is 380 g/mol. The summed E-state index contributed by atoms with van der Waals surface area (Å²) in [5.74, 6) is -2.54. The Hall–Kier alpha value is -3.25. The highest BCUT2D eigenvalue weighted by atomic mass is 32.1. The predicted octanol–water partition coefficient (Wildman–Crippen LogP) is 4.39. The number of hydrogen-bond donors (Lipinski definition) is 2. The van der Waals surface area contributed by atoms with Crippen LogP contribution in [0, 0.1) is 0 Å². The number of nitrogens with two attached hydrogens (primary N) is 1. The molecule has 4 nitrogen and oxygen atoms in total. The van der Waals surface area contributed by atoms with E-state index in [1.165, 1.54) is 11.3 Å². The minimum Gasteiger partial charge on any atom is -0.366 e. The number of carbonyl (C=O) groups excluding carboxylic acids is 2. The second-order valence-electron chi connectivity index (χ2n) is 5.84. The minimum atomic E-state index is -0.949. The van der Waals surface area contributed by atoms with E-state index in [0.29, 0.717) is 12.0 Å². The van der Waals surface area contributed by atoms with Gasteiger partial charge in [0.25, 0.3) is 11.8 Å². The molecule has 0 fully saturated rings. The van der Waals surface area contributed by atoms with Crippen molar-refractivity contribution in [3.8, 4) is 0 Å². The highest BCUT2D eigenvalue weighted by molar-refractivity contribution is 7.16. The van der Waals surface area contributed by atoms with E-state index in [0.717, 1.165) is 16.5 Å². The van der Waals surface area contributed by atoms with Crippen molar-refractivity contribution in [1.29, 1.82) is 0 Å². The molecular formula is C21H17FN2O2S. The fourth-order valence-electron chi connectivity index (χ4n) is 2.53. The predicted molar refractivity (Wildman–Crippen MR) is 106 cm³/mol. The highest BCUT2D eigenvalue weighted by Gasteiger charge is 2.18. The molecule has 3 aromatic rings. The second-order valence-corrected chi connectivity index (χ2v) is 6.98. The number of nitrogens with one attached hydrogen (secondary N) is 1. The van der Waals surface area contributed by atoms with Crippen molar-refractivity contribution in [3.05, 3.63) is 94.1 Å². The third kappa shape index (κ3) is 4.89. The van der Waals surface area contributed by atoms with E-state index < -0.39 is 17.6 Å². The molecule has 27 heavy (non-hydrogen) atoms. The number of halogens is 1. The molecule has 0 aliphatic carbocycles. The van der Waals surface area contributed by atoms with Crippen molar-refractivity contribution in [1.82, 2.24) is 0 Å². The molecular weight excluding hydrogens is 363 g/mol. The zero-order valence-electron chi connectivity index (χ0n) is 14.3.